The Bertz CT molecular complexity index is 671. The van der Waals surface area contributed by atoms with Crippen LogP contribution in [-0.4, -0.2) is 33.7 Å². The Balaban J connectivity index is 2.63. The van der Waals surface area contributed by atoms with Crippen LogP contribution in [0.25, 0.3) is 5.65 Å². The monoisotopic (exact) mass is 264 g/mol. The van der Waals surface area contributed by atoms with Crippen LogP contribution in [0.2, 0.25) is 0 Å². The Labute approximate surface area is 109 Å². The molecule has 102 valence electrons. The molecular weight excluding hydrogens is 248 g/mol. The number of rotatable bonds is 4. The van der Waals surface area contributed by atoms with Gasteiger partial charge in [-0.25, -0.2) is 14.3 Å². The third kappa shape index (κ3) is 2.24. The topological polar surface area (TPSA) is 102 Å². The molecule has 19 heavy (non-hydrogen) atoms. The van der Waals surface area contributed by atoms with Gasteiger partial charge >= 0.3 is 5.97 Å². The van der Waals surface area contributed by atoms with Crippen LogP contribution in [0.1, 0.15) is 28.5 Å². The molecule has 0 radical (unpaired) electrons. The number of nitrogens with two attached hydrogens (primary N) is 1. The molecule has 0 saturated carbocycles. The van der Waals surface area contributed by atoms with Crippen LogP contribution in [0.5, 0.6) is 0 Å². The summed E-state index contributed by atoms with van der Waals surface area (Å²) in [5.41, 5.74) is 6.91. The number of H-pyrrole nitrogens is 1. The maximum absolute atomic E-state index is 12.2. The Morgan fingerprint density at radius 2 is 2.32 bits per heavy atom. The van der Waals surface area contributed by atoms with Gasteiger partial charge in [-0.1, -0.05) is 0 Å². The number of aryl methyl sites for hydroxylation is 1. The van der Waals surface area contributed by atoms with Crippen molar-refractivity contribution in [1.29, 1.82) is 0 Å². The second kappa shape index (κ2) is 5.23. The van der Waals surface area contributed by atoms with Crippen molar-refractivity contribution in [2.45, 2.75) is 20.3 Å². The molecule has 0 fully saturated rings. The van der Waals surface area contributed by atoms with Gasteiger partial charge in [0.2, 0.25) is 0 Å². The van der Waals surface area contributed by atoms with Gasteiger partial charge in [0, 0.05) is 17.5 Å². The standard InChI is InChI=1S/C12H16N4O3/c1-3-19-12(18)9-6-14-16-10(9)15-7(2)8(4-5-13)11(16)17/h6,14H,3-5,13H2,1-2H3. The van der Waals surface area contributed by atoms with E-state index in [2.05, 4.69) is 10.1 Å². The van der Waals surface area contributed by atoms with E-state index in [1.54, 1.807) is 13.8 Å². The van der Waals surface area contributed by atoms with Gasteiger partial charge in [0.25, 0.3) is 5.56 Å². The molecule has 0 atom stereocenters. The summed E-state index contributed by atoms with van der Waals surface area (Å²) in [6, 6.07) is 0. The second-order valence-corrected chi connectivity index (χ2v) is 4.09. The van der Waals surface area contributed by atoms with Crippen molar-refractivity contribution >= 4 is 11.6 Å². The molecule has 0 bridgehead atoms. The zero-order chi connectivity index (χ0) is 14.0. The van der Waals surface area contributed by atoms with Crippen LogP contribution in [-0.2, 0) is 11.2 Å². The fraction of sp³-hybridized carbons (Fsp3) is 0.417. The number of aromatic nitrogens is 3. The summed E-state index contributed by atoms with van der Waals surface area (Å²) in [5.74, 6) is -0.501. The minimum atomic E-state index is -0.501. The largest absolute Gasteiger partial charge is 0.462 e. The predicted octanol–water partition coefficient (Wildman–Crippen LogP) is 0.00892. The Hall–Kier alpha value is -2.15. The van der Waals surface area contributed by atoms with Gasteiger partial charge in [-0.15, -0.1) is 0 Å². The molecule has 2 aromatic rings. The van der Waals surface area contributed by atoms with Crippen LogP contribution in [0, 0.1) is 6.92 Å². The first-order chi connectivity index (χ1) is 9.10. The van der Waals surface area contributed by atoms with Gasteiger partial charge in [-0.2, -0.15) is 0 Å². The number of aromatic amines is 1. The van der Waals surface area contributed by atoms with Crippen molar-refractivity contribution in [2.24, 2.45) is 5.73 Å². The first-order valence-corrected chi connectivity index (χ1v) is 6.07. The van der Waals surface area contributed by atoms with Gasteiger partial charge < -0.3 is 10.5 Å². The molecule has 0 aliphatic rings. The van der Waals surface area contributed by atoms with E-state index in [1.165, 1.54) is 10.7 Å². The SMILES string of the molecule is CCOC(=O)c1c[nH]n2c(=O)c(CCN)c(C)nc12. The van der Waals surface area contributed by atoms with E-state index in [4.69, 9.17) is 10.5 Å². The van der Waals surface area contributed by atoms with E-state index >= 15 is 0 Å². The van der Waals surface area contributed by atoms with Crippen molar-refractivity contribution in [3.8, 4) is 0 Å². The highest BCUT2D eigenvalue weighted by atomic mass is 16.5. The smallest absolute Gasteiger partial charge is 0.343 e. The molecule has 2 aromatic heterocycles. The van der Waals surface area contributed by atoms with Gasteiger partial charge in [-0.3, -0.25) is 9.89 Å². The first kappa shape index (κ1) is 13.3. The Morgan fingerprint density at radius 3 is 2.95 bits per heavy atom. The maximum Gasteiger partial charge on any atom is 0.343 e. The molecule has 3 N–H and O–H groups in total. The van der Waals surface area contributed by atoms with Crippen LogP contribution < -0.4 is 11.3 Å². The number of ether oxygens (including phenoxy) is 1. The van der Waals surface area contributed by atoms with Crippen LogP contribution >= 0.6 is 0 Å². The van der Waals surface area contributed by atoms with Crippen molar-refractivity contribution in [2.75, 3.05) is 13.2 Å². The molecule has 0 aromatic carbocycles. The zero-order valence-electron chi connectivity index (χ0n) is 10.9. The fourth-order valence-corrected chi connectivity index (χ4v) is 1.95. The third-order valence-electron chi connectivity index (χ3n) is 2.85. The summed E-state index contributed by atoms with van der Waals surface area (Å²) in [6.45, 7) is 4.09. The molecule has 0 spiro atoms. The lowest BCUT2D eigenvalue weighted by atomic mass is 10.1. The quantitative estimate of drug-likeness (QED) is 0.757. The van der Waals surface area contributed by atoms with Crippen molar-refractivity contribution in [3.63, 3.8) is 0 Å². The van der Waals surface area contributed by atoms with E-state index in [9.17, 15) is 9.59 Å². The second-order valence-electron chi connectivity index (χ2n) is 4.09. The summed E-state index contributed by atoms with van der Waals surface area (Å²) < 4.78 is 6.16. The molecule has 0 amide bonds. The molecule has 2 heterocycles. The fourth-order valence-electron chi connectivity index (χ4n) is 1.95. The molecule has 7 heteroatoms. The van der Waals surface area contributed by atoms with Crippen molar-refractivity contribution < 1.29 is 9.53 Å². The van der Waals surface area contributed by atoms with Gasteiger partial charge in [0.1, 0.15) is 5.56 Å². The van der Waals surface area contributed by atoms with E-state index in [-0.39, 0.29) is 23.4 Å². The van der Waals surface area contributed by atoms with Crippen LogP contribution in [0.4, 0.5) is 0 Å². The molecule has 0 saturated heterocycles. The molecule has 7 nitrogen and oxygen atoms in total. The minimum Gasteiger partial charge on any atom is -0.462 e. The predicted molar refractivity (Wildman–Crippen MR) is 69.3 cm³/mol. The number of carbonyl (C=O) groups excluding carboxylic acids is 1. The van der Waals surface area contributed by atoms with Crippen molar-refractivity contribution in [3.05, 3.63) is 33.4 Å². The number of hydrogen-bond donors (Lipinski definition) is 2. The summed E-state index contributed by atoms with van der Waals surface area (Å²) in [6.07, 6.45) is 1.88. The van der Waals surface area contributed by atoms with E-state index in [0.717, 1.165) is 0 Å². The lowest BCUT2D eigenvalue weighted by molar-refractivity contribution is 0.0528. The molecular formula is C12H16N4O3. The summed E-state index contributed by atoms with van der Waals surface area (Å²) in [4.78, 5) is 28.2. The van der Waals surface area contributed by atoms with Crippen LogP contribution in [0.3, 0.4) is 0 Å². The van der Waals surface area contributed by atoms with E-state index in [1.807, 2.05) is 0 Å². The van der Waals surface area contributed by atoms with E-state index < -0.39 is 5.97 Å². The molecule has 0 aliphatic heterocycles. The van der Waals surface area contributed by atoms with Gasteiger partial charge in [0.05, 0.1) is 6.61 Å². The van der Waals surface area contributed by atoms with Crippen LogP contribution in [0.15, 0.2) is 11.0 Å². The minimum absolute atomic E-state index is 0.233. The highest BCUT2D eigenvalue weighted by Crippen LogP contribution is 2.10. The lowest BCUT2D eigenvalue weighted by Gasteiger charge is -2.04. The number of hydrogen-bond acceptors (Lipinski definition) is 5. The summed E-state index contributed by atoms with van der Waals surface area (Å²) >= 11 is 0. The Kier molecular flexibility index (Phi) is 3.66. The molecule has 2 rings (SSSR count). The number of nitrogens with zero attached hydrogens (tertiary/aromatic N) is 2. The average molecular weight is 264 g/mol. The number of nitrogens with one attached hydrogen (secondary N) is 1. The average Bonchev–Trinajstić information content (AvgIpc) is 2.78. The number of esters is 1. The normalized spacial score (nSPS) is 10.9. The highest BCUT2D eigenvalue weighted by Gasteiger charge is 2.18. The van der Waals surface area contributed by atoms with Crippen molar-refractivity contribution in [1.82, 2.24) is 14.6 Å². The summed E-state index contributed by atoms with van der Waals surface area (Å²) in [7, 11) is 0. The van der Waals surface area contributed by atoms with Gasteiger partial charge in [0.15, 0.2) is 5.65 Å². The Morgan fingerprint density at radius 1 is 1.58 bits per heavy atom. The first-order valence-electron chi connectivity index (χ1n) is 6.07. The highest BCUT2D eigenvalue weighted by molar-refractivity contribution is 5.95. The molecule has 0 aliphatic carbocycles. The summed E-state index contributed by atoms with van der Waals surface area (Å²) in [5, 5.41) is 2.72. The van der Waals surface area contributed by atoms with Gasteiger partial charge in [-0.05, 0) is 26.8 Å². The lowest BCUT2D eigenvalue weighted by Crippen LogP contribution is -2.24. The maximum atomic E-state index is 12.2. The zero-order valence-corrected chi connectivity index (χ0v) is 10.9. The molecule has 0 unspecified atom stereocenters. The third-order valence-corrected chi connectivity index (χ3v) is 2.85. The number of carbonyl (C=O) groups is 1. The van der Waals surface area contributed by atoms with E-state index in [0.29, 0.717) is 24.2 Å². The number of fused-ring (bicyclic) bond motifs is 1.